The van der Waals surface area contributed by atoms with Gasteiger partial charge in [-0.1, -0.05) is 32.8 Å². The smallest absolute Gasteiger partial charge is 0.407 e. The number of rotatable bonds is 9. The van der Waals surface area contributed by atoms with Gasteiger partial charge in [-0.3, -0.25) is 4.79 Å². The summed E-state index contributed by atoms with van der Waals surface area (Å²) < 4.78 is 4.54. The highest BCUT2D eigenvalue weighted by molar-refractivity contribution is 5.89. The summed E-state index contributed by atoms with van der Waals surface area (Å²) in [5, 5.41) is 2.58. The molecule has 0 spiro atoms. The van der Waals surface area contributed by atoms with Crippen LogP contribution in [0.5, 0.6) is 0 Å². The van der Waals surface area contributed by atoms with Gasteiger partial charge in [0.05, 0.1) is 13.2 Å². The minimum Gasteiger partial charge on any atom is -0.453 e. The number of nitrogens with one attached hydrogen (secondary N) is 1. The quantitative estimate of drug-likeness (QED) is 0.644. The highest BCUT2D eigenvalue weighted by atomic mass is 16.5. The second-order valence-corrected chi connectivity index (χ2v) is 4.39. The standard InChI is InChI=1S/C14H25NO3/c1-5-8-11(9-6-2)13(16)12(10-7-3)15-14(17)18-4/h7,11-12H,3,5-6,8-10H2,1-2,4H3,(H,15,17)/t12-/m0/s1. The van der Waals surface area contributed by atoms with Gasteiger partial charge in [0.1, 0.15) is 0 Å². The molecule has 0 aromatic heterocycles. The molecule has 0 saturated carbocycles. The van der Waals surface area contributed by atoms with Crippen LogP contribution in [-0.2, 0) is 9.53 Å². The summed E-state index contributed by atoms with van der Waals surface area (Å²) in [4.78, 5) is 23.6. The molecule has 0 bridgehead atoms. The van der Waals surface area contributed by atoms with Crippen LogP contribution in [0.2, 0.25) is 0 Å². The average Bonchev–Trinajstić information content (AvgIpc) is 2.37. The molecular weight excluding hydrogens is 230 g/mol. The van der Waals surface area contributed by atoms with Gasteiger partial charge in [0.25, 0.3) is 0 Å². The average molecular weight is 255 g/mol. The number of carbonyl (C=O) groups is 2. The highest BCUT2D eigenvalue weighted by Gasteiger charge is 2.26. The van der Waals surface area contributed by atoms with E-state index in [-0.39, 0.29) is 11.7 Å². The van der Waals surface area contributed by atoms with E-state index < -0.39 is 12.1 Å². The Kier molecular flexibility index (Phi) is 8.97. The van der Waals surface area contributed by atoms with Crippen molar-refractivity contribution < 1.29 is 14.3 Å². The summed E-state index contributed by atoms with van der Waals surface area (Å²) in [7, 11) is 1.29. The van der Waals surface area contributed by atoms with E-state index in [1.807, 2.05) is 0 Å². The van der Waals surface area contributed by atoms with Gasteiger partial charge in [-0.05, 0) is 19.3 Å². The van der Waals surface area contributed by atoms with Crippen LogP contribution in [0, 0.1) is 5.92 Å². The molecule has 0 aromatic carbocycles. The molecule has 0 aliphatic heterocycles. The van der Waals surface area contributed by atoms with Crippen molar-refractivity contribution in [2.24, 2.45) is 5.92 Å². The number of ether oxygens (including phenoxy) is 1. The van der Waals surface area contributed by atoms with Crippen LogP contribution in [0.15, 0.2) is 12.7 Å². The minimum atomic E-state index is -0.568. The molecule has 0 aliphatic rings. The van der Waals surface area contributed by atoms with Gasteiger partial charge in [0.2, 0.25) is 0 Å². The van der Waals surface area contributed by atoms with Crippen LogP contribution in [0.1, 0.15) is 46.0 Å². The summed E-state index contributed by atoms with van der Waals surface area (Å²) in [5.41, 5.74) is 0. The van der Waals surface area contributed by atoms with E-state index in [9.17, 15) is 9.59 Å². The van der Waals surface area contributed by atoms with Gasteiger partial charge >= 0.3 is 6.09 Å². The van der Waals surface area contributed by atoms with E-state index in [0.29, 0.717) is 6.42 Å². The second kappa shape index (κ2) is 9.68. The van der Waals surface area contributed by atoms with Crippen molar-refractivity contribution in [1.29, 1.82) is 0 Å². The third-order valence-corrected chi connectivity index (χ3v) is 2.90. The largest absolute Gasteiger partial charge is 0.453 e. The van der Waals surface area contributed by atoms with Crippen LogP contribution in [0.25, 0.3) is 0 Å². The fourth-order valence-corrected chi connectivity index (χ4v) is 2.02. The normalized spacial score (nSPS) is 12.0. The molecule has 1 amide bonds. The maximum atomic E-state index is 12.3. The van der Waals surface area contributed by atoms with Crippen LogP contribution < -0.4 is 5.32 Å². The Morgan fingerprint density at radius 1 is 1.28 bits per heavy atom. The van der Waals surface area contributed by atoms with Crippen molar-refractivity contribution in [2.45, 2.75) is 52.0 Å². The molecule has 1 N–H and O–H groups in total. The van der Waals surface area contributed by atoms with Crippen molar-refractivity contribution >= 4 is 11.9 Å². The Labute approximate surface area is 110 Å². The molecule has 0 radical (unpaired) electrons. The van der Waals surface area contributed by atoms with Crippen LogP contribution in [0.3, 0.4) is 0 Å². The van der Waals surface area contributed by atoms with Gasteiger partial charge in [-0.2, -0.15) is 0 Å². The molecule has 0 rings (SSSR count). The Balaban J connectivity index is 4.67. The van der Waals surface area contributed by atoms with Gasteiger partial charge < -0.3 is 10.1 Å². The van der Waals surface area contributed by atoms with E-state index in [1.165, 1.54) is 7.11 Å². The number of carbonyl (C=O) groups excluding carboxylic acids is 2. The number of hydrogen-bond acceptors (Lipinski definition) is 3. The fraction of sp³-hybridized carbons (Fsp3) is 0.714. The first-order valence-electron chi connectivity index (χ1n) is 6.59. The Morgan fingerprint density at radius 3 is 2.22 bits per heavy atom. The van der Waals surface area contributed by atoms with E-state index in [4.69, 9.17) is 0 Å². The second-order valence-electron chi connectivity index (χ2n) is 4.39. The lowest BCUT2D eigenvalue weighted by atomic mass is 9.89. The van der Waals surface area contributed by atoms with Crippen molar-refractivity contribution in [3.05, 3.63) is 12.7 Å². The molecule has 18 heavy (non-hydrogen) atoms. The first kappa shape index (κ1) is 16.7. The molecule has 0 heterocycles. The summed E-state index contributed by atoms with van der Waals surface area (Å²) in [6.45, 7) is 7.75. The van der Waals surface area contributed by atoms with Crippen LogP contribution in [0.4, 0.5) is 4.79 Å². The van der Waals surface area contributed by atoms with Gasteiger partial charge in [0, 0.05) is 5.92 Å². The first-order valence-corrected chi connectivity index (χ1v) is 6.59. The van der Waals surface area contributed by atoms with E-state index in [2.05, 4.69) is 30.5 Å². The zero-order chi connectivity index (χ0) is 14.0. The third-order valence-electron chi connectivity index (χ3n) is 2.90. The Hall–Kier alpha value is -1.32. The molecule has 1 atom stereocenters. The van der Waals surface area contributed by atoms with E-state index in [1.54, 1.807) is 6.08 Å². The SMILES string of the molecule is C=CC[C@H](NC(=O)OC)C(=O)C(CCC)CCC. The van der Waals surface area contributed by atoms with Crippen molar-refractivity contribution in [3.8, 4) is 0 Å². The molecule has 0 aliphatic carbocycles. The first-order chi connectivity index (χ1) is 8.60. The van der Waals surface area contributed by atoms with Gasteiger partial charge in [-0.15, -0.1) is 6.58 Å². The topological polar surface area (TPSA) is 55.4 Å². The monoisotopic (exact) mass is 255 g/mol. The van der Waals surface area contributed by atoms with Crippen molar-refractivity contribution in [1.82, 2.24) is 5.32 Å². The van der Waals surface area contributed by atoms with Crippen LogP contribution >= 0.6 is 0 Å². The lowest BCUT2D eigenvalue weighted by Gasteiger charge is -2.21. The van der Waals surface area contributed by atoms with Crippen molar-refractivity contribution in [2.75, 3.05) is 7.11 Å². The molecule has 0 fully saturated rings. The van der Waals surface area contributed by atoms with E-state index >= 15 is 0 Å². The summed E-state index contributed by atoms with van der Waals surface area (Å²) in [6, 6.07) is -0.516. The summed E-state index contributed by atoms with van der Waals surface area (Å²) in [6.07, 6.45) is 5.18. The number of ketones is 1. The van der Waals surface area contributed by atoms with Gasteiger partial charge in [-0.25, -0.2) is 4.79 Å². The summed E-state index contributed by atoms with van der Waals surface area (Å²) in [5.74, 6) is 0.103. The molecule has 0 unspecified atom stereocenters. The predicted octanol–water partition coefficient (Wildman–Crippen LogP) is 3.07. The number of Topliss-reactive ketones (excluding diaryl/α,β-unsaturated/α-hetero) is 1. The maximum Gasteiger partial charge on any atom is 0.407 e. The molecule has 104 valence electrons. The zero-order valence-corrected chi connectivity index (χ0v) is 11.7. The third kappa shape index (κ3) is 5.84. The number of methoxy groups -OCH3 is 1. The van der Waals surface area contributed by atoms with E-state index in [0.717, 1.165) is 25.7 Å². The zero-order valence-electron chi connectivity index (χ0n) is 11.7. The maximum absolute atomic E-state index is 12.3. The predicted molar refractivity (Wildman–Crippen MR) is 72.5 cm³/mol. The van der Waals surface area contributed by atoms with Crippen molar-refractivity contribution in [3.63, 3.8) is 0 Å². The highest BCUT2D eigenvalue weighted by Crippen LogP contribution is 2.17. The Morgan fingerprint density at radius 2 is 1.83 bits per heavy atom. The fourth-order valence-electron chi connectivity index (χ4n) is 2.02. The molecule has 0 saturated heterocycles. The van der Waals surface area contributed by atoms with Crippen LogP contribution in [-0.4, -0.2) is 25.0 Å². The molecule has 4 nitrogen and oxygen atoms in total. The lowest BCUT2D eigenvalue weighted by molar-refractivity contribution is -0.125. The number of amides is 1. The number of alkyl carbamates (subject to hydrolysis) is 1. The molecular formula is C14H25NO3. The summed E-state index contributed by atoms with van der Waals surface area (Å²) >= 11 is 0. The Bertz CT molecular complexity index is 270. The lowest BCUT2D eigenvalue weighted by Crippen LogP contribution is -2.43. The van der Waals surface area contributed by atoms with Gasteiger partial charge in [0.15, 0.2) is 5.78 Å². The number of hydrogen-bond donors (Lipinski definition) is 1. The minimum absolute atomic E-state index is 0.0158. The molecule has 4 heteroatoms. The molecule has 0 aromatic rings.